The summed E-state index contributed by atoms with van der Waals surface area (Å²) >= 11 is 10.8. The molecule has 0 bridgehead atoms. The van der Waals surface area contributed by atoms with E-state index in [1.165, 1.54) is 9.69 Å². The Bertz CT molecular complexity index is 458. The molecular weight excluding hydrogens is 262 g/mol. The summed E-state index contributed by atoms with van der Waals surface area (Å²) in [7, 11) is 1.71. The molecule has 1 aromatic heterocycles. The molecular formula is C9H14ClN5OS. The van der Waals surface area contributed by atoms with E-state index in [0.717, 1.165) is 5.69 Å². The number of aryl methyl sites for hydroxylation is 1. The van der Waals surface area contributed by atoms with Gasteiger partial charge in [0.1, 0.15) is 0 Å². The molecule has 1 amide bonds. The van der Waals surface area contributed by atoms with Crippen LogP contribution in [0.15, 0.2) is 0 Å². The van der Waals surface area contributed by atoms with Gasteiger partial charge < -0.3 is 5.73 Å². The predicted molar refractivity (Wildman–Crippen MR) is 69.6 cm³/mol. The molecule has 0 saturated heterocycles. The van der Waals surface area contributed by atoms with Crippen molar-refractivity contribution in [3.63, 3.8) is 0 Å². The van der Waals surface area contributed by atoms with Gasteiger partial charge in [0.25, 0.3) is 5.91 Å². The lowest BCUT2D eigenvalue weighted by molar-refractivity contribution is 0.0869. The molecule has 0 saturated carbocycles. The summed E-state index contributed by atoms with van der Waals surface area (Å²) in [5.74, 6) is -0.437. The van der Waals surface area contributed by atoms with Gasteiger partial charge in [-0.1, -0.05) is 11.6 Å². The van der Waals surface area contributed by atoms with Gasteiger partial charge in [-0.05, 0) is 26.1 Å². The normalized spacial score (nSPS) is 10.1. The second-order valence-electron chi connectivity index (χ2n) is 3.40. The lowest BCUT2D eigenvalue weighted by Gasteiger charge is -2.20. The van der Waals surface area contributed by atoms with E-state index in [0.29, 0.717) is 11.6 Å². The quantitative estimate of drug-likeness (QED) is 0.610. The van der Waals surface area contributed by atoms with Gasteiger partial charge in [0.05, 0.1) is 10.7 Å². The predicted octanol–water partition coefficient (Wildman–Crippen LogP) is 0.592. The molecule has 0 unspecified atom stereocenters. The molecule has 6 nitrogen and oxygen atoms in total. The fraction of sp³-hybridized carbons (Fsp3) is 0.444. The molecule has 1 rings (SSSR count). The average Bonchev–Trinajstić information content (AvgIpc) is 2.53. The van der Waals surface area contributed by atoms with Gasteiger partial charge in [-0.25, -0.2) is 0 Å². The summed E-state index contributed by atoms with van der Waals surface area (Å²) in [6.45, 7) is 4.05. The van der Waals surface area contributed by atoms with Crippen molar-refractivity contribution in [3.8, 4) is 0 Å². The summed E-state index contributed by atoms with van der Waals surface area (Å²) in [5, 5.41) is 5.77. The number of carbonyl (C=O) groups excluding carboxylic acids is 1. The summed E-state index contributed by atoms with van der Waals surface area (Å²) in [5.41, 5.74) is 8.83. The van der Waals surface area contributed by atoms with Crippen molar-refractivity contribution in [1.29, 1.82) is 0 Å². The minimum absolute atomic E-state index is 0.0876. The Labute approximate surface area is 110 Å². The number of hydrogen-bond donors (Lipinski definition) is 2. The van der Waals surface area contributed by atoms with Gasteiger partial charge >= 0.3 is 0 Å². The van der Waals surface area contributed by atoms with Crippen molar-refractivity contribution in [2.45, 2.75) is 13.8 Å². The van der Waals surface area contributed by atoms with Crippen LogP contribution >= 0.6 is 23.8 Å². The van der Waals surface area contributed by atoms with Crippen molar-refractivity contribution in [2.75, 3.05) is 6.54 Å². The topological polar surface area (TPSA) is 76.2 Å². The van der Waals surface area contributed by atoms with E-state index in [9.17, 15) is 4.79 Å². The summed E-state index contributed by atoms with van der Waals surface area (Å²) < 4.78 is 1.54. The van der Waals surface area contributed by atoms with Crippen molar-refractivity contribution >= 4 is 34.8 Å². The SMILES string of the molecule is CCN(NC(=O)c1nn(C)c(C)c1Cl)C(N)=S. The van der Waals surface area contributed by atoms with Crippen LogP contribution in [0.2, 0.25) is 5.02 Å². The molecule has 0 aromatic carbocycles. The maximum Gasteiger partial charge on any atom is 0.291 e. The lowest BCUT2D eigenvalue weighted by Crippen LogP contribution is -2.48. The zero-order valence-corrected chi connectivity index (χ0v) is 11.4. The Morgan fingerprint density at radius 3 is 2.65 bits per heavy atom. The molecule has 1 heterocycles. The highest BCUT2D eigenvalue weighted by atomic mass is 35.5. The van der Waals surface area contributed by atoms with E-state index >= 15 is 0 Å². The summed E-state index contributed by atoms with van der Waals surface area (Å²) in [6, 6.07) is 0. The highest BCUT2D eigenvalue weighted by Crippen LogP contribution is 2.18. The Kier molecular flexibility index (Phi) is 4.30. The Balaban J connectivity index is 2.90. The number of rotatable bonds is 2. The van der Waals surface area contributed by atoms with Crippen LogP contribution in [0.1, 0.15) is 23.1 Å². The Morgan fingerprint density at radius 2 is 2.29 bits per heavy atom. The van der Waals surface area contributed by atoms with Crippen molar-refractivity contribution in [3.05, 3.63) is 16.4 Å². The second-order valence-corrected chi connectivity index (χ2v) is 4.19. The first-order valence-electron chi connectivity index (χ1n) is 4.95. The van der Waals surface area contributed by atoms with Gasteiger partial charge in [0.15, 0.2) is 10.8 Å². The van der Waals surface area contributed by atoms with E-state index in [4.69, 9.17) is 29.6 Å². The molecule has 17 heavy (non-hydrogen) atoms. The van der Waals surface area contributed by atoms with E-state index in [1.54, 1.807) is 14.0 Å². The van der Waals surface area contributed by atoms with Gasteiger partial charge in [-0.2, -0.15) is 5.10 Å². The Hall–Kier alpha value is -1.34. The zero-order valence-electron chi connectivity index (χ0n) is 9.82. The number of hydrogen-bond acceptors (Lipinski definition) is 3. The highest BCUT2D eigenvalue weighted by Gasteiger charge is 2.20. The largest absolute Gasteiger partial charge is 0.375 e. The summed E-state index contributed by atoms with van der Waals surface area (Å²) in [4.78, 5) is 11.9. The van der Waals surface area contributed by atoms with E-state index in [-0.39, 0.29) is 10.8 Å². The molecule has 0 aliphatic rings. The van der Waals surface area contributed by atoms with Gasteiger partial charge in [-0.15, -0.1) is 0 Å². The molecule has 8 heteroatoms. The highest BCUT2D eigenvalue weighted by molar-refractivity contribution is 7.80. The molecule has 94 valence electrons. The molecule has 0 aliphatic heterocycles. The average molecular weight is 276 g/mol. The minimum atomic E-state index is -0.437. The number of carbonyl (C=O) groups is 1. The number of thiocarbonyl (C=S) groups is 1. The number of amides is 1. The third kappa shape index (κ3) is 2.86. The van der Waals surface area contributed by atoms with Crippen LogP contribution < -0.4 is 11.2 Å². The summed E-state index contributed by atoms with van der Waals surface area (Å²) in [6.07, 6.45) is 0. The molecule has 0 fully saturated rings. The molecule has 0 spiro atoms. The van der Waals surface area contributed by atoms with Crippen molar-refractivity contribution in [1.82, 2.24) is 20.2 Å². The first-order valence-corrected chi connectivity index (χ1v) is 5.74. The number of nitrogens with two attached hydrogens (primary N) is 1. The van der Waals surface area contributed by atoms with Crippen LogP contribution in [0.4, 0.5) is 0 Å². The molecule has 1 aromatic rings. The van der Waals surface area contributed by atoms with Crippen molar-refractivity contribution in [2.24, 2.45) is 12.8 Å². The standard InChI is InChI=1S/C9H14ClN5OS/c1-4-15(9(11)17)13-8(16)7-6(10)5(2)14(3)12-7/h4H2,1-3H3,(H2,11,17)(H,13,16). The van der Waals surface area contributed by atoms with Crippen LogP contribution in [0.5, 0.6) is 0 Å². The minimum Gasteiger partial charge on any atom is -0.375 e. The third-order valence-electron chi connectivity index (χ3n) is 2.29. The molecule has 0 radical (unpaired) electrons. The van der Waals surface area contributed by atoms with Gasteiger partial charge in [-0.3, -0.25) is 19.9 Å². The van der Waals surface area contributed by atoms with Crippen LogP contribution in [0.3, 0.4) is 0 Å². The van der Waals surface area contributed by atoms with Crippen molar-refractivity contribution < 1.29 is 4.79 Å². The van der Waals surface area contributed by atoms with E-state index < -0.39 is 5.91 Å². The fourth-order valence-electron chi connectivity index (χ4n) is 1.19. The molecule has 3 N–H and O–H groups in total. The molecule has 0 aliphatic carbocycles. The monoisotopic (exact) mass is 275 g/mol. The van der Waals surface area contributed by atoms with E-state index in [1.807, 2.05) is 6.92 Å². The fourth-order valence-corrected chi connectivity index (χ4v) is 1.61. The number of nitrogens with one attached hydrogen (secondary N) is 1. The first kappa shape index (κ1) is 13.7. The smallest absolute Gasteiger partial charge is 0.291 e. The van der Waals surface area contributed by atoms with Gasteiger partial charge in [0, 0.05) is 13.6 Å². The maximum absolute atomic E-state index is 11.9. The zero-order chi connectivity index (χ0) is 13.2. The molecule has 0 atom stereocenters. The third-order valence-corrected chi connectivity index (χ3v) is 2.97. The first-order chi connectivity index (χ1) is 7.88. The van der Waals surface area contributed by atoms with Gasteiger partial charge in [0.2, 0.25) is 0 Å². The van der Waals surface area contributed by atoms with Crippen LogP contribution in [-0.2, 0) is 7.05 Å². The second kappa shape index (κ2) is 5.33. The number of nitrogens with zero attached hydrogens (tertiary/aromatic N) is 3. The number of aromatic nitrogens is 2. The van der Waals surface area contributed by atoms with E-state index in [2.05, 4.69) is 10.5 Å². The number of hydrazine groups is 1. The Morgan fingerprint density at radius 1 is 1.71 bits per heavy atom. The van der Waals surface area contributed by atoms with Crippen LogP contribution in [-0.4, -0.2) is 32.4 Å². The van der Waals surface area contributed by atoms with Crippen LogP contribution in [0, 0.1) is 6.92 Å². The van der Waals surface area contributed by atoms with Crippen LogP contribution in [0.25, 0.3) is 0 Å². The number of halogens is 1. The lowest BCUT2D eigenvalue weighted by atomic mass is 10.3. The maximum atomic E-state index is 11.9.